The summed E-state index contributed by atoms with van der Waals surface area (Å²) in [6.45, 7) is 1.11. The second kappa shape index (κ2) is 2.80. The minimum absolute atomic E-state index is 0.487. The molecular weight excluding hydrogens is 160 g/mol. The van der Waals surface area contributed by atoms with Crippen molar-refractivity contribution in [2.75, 3.05) is 6.54 Å². The third-order valence-electron chi connectivity index (χ3n) is 1.95. The van der Waals surface area contributed by atoms with Crippen LogP contribution in [0.25, 0.3) is 0 Å². The van der Waals surface area contributed by atoms with Crippen molar-refractivity contribution >= 4 is 11.6 Å². The Labute approximate surface area is 70.6 Å². The maximum absolute atomic E-state index is 5.78. The lowest BCUT2D eigenvalue weighted by atomic mass is 10.0. The van der Waals surface area contributed by atoms with E-state index in [-0.39, 0.29) is 0 Å². The zero-order valence-corrected chi connectivity index (χ0v) is 6.80. The molecule has 11 heavy (non-hydrogen) atoms. The summed E-state index contributed by atoms with van der Waals surface area (Å²) >= 11 is 5.78. The summed E-state index contributed by atoms with van der Waals surface area (Å²) in [4.78, 5) is 4.02. The summed E-state index contributed by atoms with van der Waals surface area (Å²) < 4.78 is 0. The lowest BCUT2D eigenvalue weighted by Gasteiger charge is -2.27. The number of halogens is 1. The van der Waals surface area contributed by atoms with E-state index in [1.54, 1.807) is 6.20 Å². The minimum Gasteiger partial charge on any atom is -0.310 e. The Morgan fingerprint density at radius 3 is 2.91 bits per heavy atom. The van der Waals surface area contributed by atoms with Crippen molar-refractivity contribution in [2.24, 2.45) is 0 Å². The Kier molecular flexibility index (Phi) is 1.80. The molecule has 1 aromatic heterocycles. The molecule has 1 saturated heterocycles. The molecule has 0 radical (unpaired) electrons. The monoisotopic (exact) mass is 168 g/mol. The average molecular weight is 169 g/mol. The highest BCUT2D eigenvalue weighted by atomic mass is 35.5. The van der Waals surface area contributed by atoms with Crippen LogP contribution < -0.4 is 5.32 Å². The van der Waals surface area contributed by atoms with Gasteiger partial charge in [-0.3, -0.25) is 4.98 Å². The number of nitrogens with one attached hydrogen (secondary N) is 1. The van der Waals surface area contributed by atoms with Crippen LogP contribution in [0.15, 0.2) is 18.5 Å². The normalized spacial score (nSPS) is 22.8. The standard InChI is InChI=1S/C8H9ClN2/c9-7-3-6(4-10-5-7)8-1-2-11-8/h3-5,8,11H,1-2H2/t8-/m1/s1. The van der Waals surface area contributed by atoms with Crippen LogP contribution in [0.1, 0.15) is 18.0 Å². The van der Waals surface area contributed by atoms with Gasteiger partial charge in [-0.15, -0.1) is 0 Å². The number of pyridine rings is 1. The fourth-order valence-electron chi connectivity index (χ4n) is 1.19. The summed E-state index contributed by atoms with van der Waals surface area (Å²) in [6.07, 6.45) is 4.72. The van der Waals surface area contributed by atoms with Gasteiger partial charge in [0.2, 0.25) is 0 Å². The van der Waals surface area contributed by atoms with Crippen LogP contribution in [0.5, 0.6) is 0 Å². The average Bonchev–Trinajstić information content (AvgIpc) is 1.83. The van der Waals surface area contributed by atoms with E-state index >= 15 is 0 Å². The predicted molar refractivity (Wildman–Crippen MR) is 44.6 cm³/mol. The van der Waals surface area contributed by atoms with Gasteiger partial charge in [-0.1, -0.05) is 11.6 Å². The van der Waals surface area contributed by atoms with E-state index in [4.69, 9.17) is 11.6 Å². The smallest absolute Gasteiger partial charge is 0.0592 e. The van der Waals surface area contributed by atoms with Gasteiger partial charge in [0.25, 0.3) is 0 Å². The number of rotatable bonds is 1. The van der Waals surface area contributed by atoms with Crippen molar-refractivity contribution in [1.82, 2.24) is 10.3 Å². The van der Waals surface area contributed by atoms with E-state index in [0.717, 1.165) is 11.6 Å². The number of nitrogens with zero attached hydrogens (tertiary/aromatic N) is 1. The van der Waals surface area contributed by atoms with E-state index in [2.05, 4.69) is 10.3 Å². The van der Waals surface area contributed by atoms with Crippen LogP contribution in [-0.4, -0.2) is 11.5 Å². The van der Waals surface area contributed by atoms with Crippen molar-refractivity contribution in [1.29, 1.82) is 0 Å². The second-order valence-corrected chi connectivity index (χ2v) is 3.17. The van der Waals surface area contributed by atoms with Gasteiger partial charge in [0.1, 0.15) is 0 Å². The molecule has 0 amide bonds. The Morgan fingerprint density at radius 1 is 1.55 bits per heavy atom. The van der Waals surface area contributed by atoms with Crippen LogP contribution in [-0.2, 0) is 0 Å². The summed E-state index contributed by atoms with van der Waals surface area (Å²) in [5.74, 6) is 0. The molecule has 0 spiro atoms. The summed E-state index contributed by atoms with van der Waals surface area (Å²) in [7, 11) is 0. The topological polar surface area (TPSA) is 24.9 Å². The molecule has 1 atom stereocenters. The SMILES string of the molecule is Clc1cncc([C@H]2CCN2)c1. The van der Waals surface area contributed by atoms with E-state index in [0.29, 0.717) is 6.04 Å². The Balaban J connectivity index is 2.23. The van der Waals surface area contributed by atoms with Crippen molar-refractivity contribution in [3.05, 3.63) is 29.0 Å². The first-order valence-electron chi connectivity index (χ1n) is 3.70. The molecule has 2 rings (SSSR count). The first kappa shape index (κ1) is 7.07. The Hall–Kier alpha value is -0.600. The molecule has 1 N–H and O–H groups in total. The lowest BCUT2D eigenvalue weighted by Crippen LogP contribution is -2.34. The molecule has 0 aromatic carbocycles. The van der Waals surface area contributed by atoms with E-state index in [9.17, 15) is 0 Å². The quantitative estimate of drug-likeness (QED) is 0.692. The highest BCUT2D eigenvalue weighted by Gasteiger charge is 2.18. The number of hydrogen-bond donors (Lipinski definition) is 1. The molecule has 1 fully saturated rings. The molecule has 0 unspecified atom stereocenters. The lowest BCUT2D eigenvalue weighted by molar-refractivity contribution is 0.382. The van der Waals surface area contributed by atoms with Crippen molar-refractivity contribution in [3.8, 4) is 0 Å². The van der Waals surface area contributed by atoms with Crippen molar-refractivity contribution < 1.29 is 0 Å². The van der Waals surface area contributed by atoms with Crippen molar-refractivity contribution in [3.63, 3.8) is 0 Å². The van der Waals surface area contributed by atoms with E-state index in [1.807, 2.05) is 12.3 Å². The van der Waals surface area contributed by atoms with Crippen LogP contribution in [0.3, 0.4) is 0 Å². The number of aromatic nitrogens is 1. The van der Waals surface area contributed by atoms with Gasteiger partial charge >= 0.3 is 0 Å². The van der Waals surface area contributed by atoms with Crippen LogP contribution in [0.2, 0.25) is 5.02 Å². The van der Waals surface area contributed by atoms with E-state index < -0.39 is 0 Å². The first-order valence-corrected chi connectivity index (χ1v) is 4.08. The van der Waals surface area contributed by atoms with Gasteiger partial charge in [-0.25, -0.2) is 0 Å². The van der Waals surface area contributed by atoms with Crippen LogP contribution >= 0.6 is 11.6 Å². The van der Waals surface area contributed by atoms with Gasteiger partial charge in [0, 0.05) is 18.4 Å². The van der Waals surface area contributed by atoms with Gasteiger partial charge in [-0.2, -0.15) is 0 Å². The fourth-order valence-corrected chi connectivity index (χ4v) is 1.37. The third kappa shape index (κ3) is 1.37. The summed E-state index contributed by atoms with van der Waals surface area (Å²) in [6, 6.07) is 2.45. The minimum atomic E-state index is 0.487. The van der Waals surface area contributed by atoms with E-state index in [1.165, 1.54) is 12.0 Å². The van der Waals surface area contributed by atoms with Crippen LogP contribution in [0.4, 0.5) is 0 Å². The highest BCUT2D eigenvalue weighted by Crippen LogP contribution is 2.23. The third-order valence-corrected chi connectivity index (χ3v) is 2.16. The van der Waals surface area contributed by atoms with Gasteiger partial charge in [0.05, 0.1) is 5.02 Å². The maximum Gasteiger partial charge on any atom is 0.0592 e. The van der Waals surface area contributed by atoms with Gasteiger partial charge in [0.15, 0.2) is 0 Å². The van der Waals surface area contributed by atoms with Gasteiger partial charge in [-0.05, 0) is 24.6 Å². The maximum atomic E-state index is 5.78. The Morgan fingerprint density at radius 2 is 2.36 bits per heavy atom. The van der Waals surface area contributed by atoms with Crippen LogP contribution in [0, 0.1) is 0 Å². The zero-order chi connectivity index (χ0) is 7.68. The highest BCUT2D eigenvalue weighted by molar-refractivity contribution is 6.30. The molecular formula is C8H9ClN2. The molecule has 58 valence electrons. The molecule has 0 saturated carbocycles. The molecule has 2 heterocycles. The molecule has 1 aromatic rings. The predicted octanol–water partition coefficient (Wildman–Crippen LogP) is 1.77. The Bertz CT molecular complexity index is 258. The molecule has 3 heteroatoms. The molecule has 1 aliphatic rings. The zero-order valence-electron chi connectivity index (χ0n) is 6.05. The second-order valence-electron chi connectivity index (χ2n) is 2.73. The largest absolute Gasteiger partial charge is 0.310 e. The molecule has 0 aliphatic carbocycles. The summed E-state index contributed by atoms with van der Waals surface area (Å²) in [5.41, 5.74) is 1.20. The number of hydrogen-bond acceptors (Lipinski definition) is 2. The van der Waals surface area contributed by atoms with Crippen molar-refractivity contribution in [2.45, 2.75) is 12.5 Å². The summed E-state index contributed by atoms with van der Waals surface area (Å²) in [5, 5.41) is 4.01. The molecule has 1 aliphatic heterocycles. The molecule has 2 nitrogen and oxygen atoms in total. The first-order chi connectivity index (χ1) is 5.36. The molecule has 0 bridgehead atoms. The fraction of sp³-hybridized carbons (Fsp3) is 0.375. The van der Waals surface area contributed by atoms with Gasteiger partial charge < -0.3 is 5.32 Å².